The second-order valence-corrected chi connectivity index (χ2v) is 7.34. The van der Waals surface area contributed by atoms with E-state index in [1.807, 2.05) is 27.7 Å². The van der Waals surface area contributed by atoms with Crippen LogP contribution in [0.4, 0.5) is 0 Å². The zero-order valence-electron chi connectivity index (χ0n) is 11.9. The summed E-state index contributed by atoms with van der Waals surface area (Å²) in [6.07, 6.45) is 0.862. The minimum absolute atomic E-state index is 0.0664. The van der Waals surface area contributed by atoms with Crippen LogP contribution < -0.4 is 11.1 Å². The van der Waals surface area contributed by atoms with Gasteiger partial charge in [-0.05, 0) is 31.4 Å². The molecule has 3 N–H and O–H groups in total. The molecule has 0 radical (unpaired) electrons. The Hall–Kier alpha value is -0.870. The maximum absolute atomic E-state index is 12.0. The van der Waals surface area contributed by atoms with E-state index in [9.17, 15) is 4.79 Å². The second kappa shape index (κ2) is 5.85. The third-order valence-electron chi connectivity index (χ3n) is 2.91. The molecule has 0 fully saturated rings. The van der Waals surface area contributed by atoms with Crippen molar-refractivity contribution in [3.63, 3.8) is 0 Å². The van der Waals surface area contributed by atoms with Crippen LogP contribution in [0.15, 0.2) is 12.1 Å². The van der Waals surface area contributed by atoms with Crippen LogP contribution in [0, 0.1) is 12.3 Å². The zero-order valence-corrected chi connectivity index (χ0v) is 12.7. The maximum atomic E-state index is 12.0. The molecule has 0 aliphatic carbocycles. The predicted octanol–water partition coefficient (Wildman–Crippen LogP) is 2.48. The summed E-state index contributed by atoms with van der Waals surface area (Å²) in [5.74, 6) is -0.0664. The Labute approximate surface area is 114 Å². The lowest BCUT2D eigenvalue weighted by molar-refractivity contribution is -0.125. The van der Waals surface area contributed by atoms with Gasteiger partial charge in [0.1, 0.15) is 0 Å². The van der Waals surface area contributed by atoms with E-state index in [4.69, 9.17) is 5.73 Å². The number of carbonyl (C=O) groups excluding carboxylic acids is 1. The molecule has 1 heterocycles. The number of nitrogens with one attached hydrogen (secondary N) is 1. The standard InChI is InChI=1S/C14H24N2OS/c1-9(8-11-7-6-10(2)18-11)16-13(17)12(15)14(3,4)5/h6-7,9,12H,8,15H2,1-5H3,(H,16,17). The monoisotopic (exact) mass is 268 g/mol. The first-order valence-corrected chi connectivity index (χ1v) is 7.13. The molecule has 0 bridgehead atoms. The van der Waals surface area contributed by atoms with Crippen molar-refractivity contribution in [1.82, 2.24) is 5.32 Å². The van der Waals surface area contributed by atoms with Gasteiger partial charge < -0.3 is 11.1 Å². The molecule has 18 heavy (non-hydrogen) atoms. The Morgan fingerprint density at radius 2 is 2.06 bits per heavy atom. The van der Waals surface area contributed by atoms with Gasteiger partial charge in [-0.3, -0.25) is 4.79 Å². The van der Waals surface area contributed by atoms with E-state index in [1.54, 1.807) is 11.3 Å². The van der Waals surface area contributed by atoms with E-state index >= 15 is 0 Å². The van der Waals surface area contributed by atoms with Crippen LogP contribution in [-0.2, 0) is 11.2 Å². The molecule has 2 unspecified atom stereocenters. The number of nitrogens with two attached hydrogens (primary N) is 1. The Balaban J connectivity index is 2.50. The molecule has 0 saturated heterocycles. The van der Waals surface area contributed by atoms with Crippen LogP contribution in [0.25, 0.3) is 0 Å². The summed E-state index contributed by atoms with van der Waals surface area (Å²) in [5.41, 5.74) is 5.73. The largest absolute Gasteiger partial charge is 0.352 e. The van der Waals surface area contributed by atoms with Crippen molar-refractivity contribution in [3.8, 4) is 0 Å². The van der Waals surface area contributed by atoms with Gasteiger partial charge >= 0.3 is 0 Å². The molecule has 0 aliphatic rings. The van der Waals surface area contributed by atoms with Gasteiger partial charge in [0.15, 0.2) is 0 Å². The Morgan fingerprint density at radius 3 is 2.50 bits per heavy atom. The van der Waals surface area contributed by atoms with Crippen LogP contribution in [0.1, 0.15) is 37.4 Å². The normalized spacial score (nSPS) is 15.2. The van der Waals surface area contributed by atoms with Crippen molar-refractivity contribution in [2.75, 3.05) is 0 Å². The molecule has 2 atom stereocenters. The fourth-order valence-corrected chi connectivity index (χ4v) is 2.69. The molecule has 102 valence electrons. The summed E-state index contributed by atoms with van der Waals surface area (Å²) < 4.78 is 0. The molecule has 0 saturated carbocycles. The van der Waals surface area contributed by atoms with Crippen molar-refractivity contribution in [3.05, 3.63) is 21.9 Å². The van der Waals surface area contributed by atoms with E-state index in [-0.39, 0.29) is 17.4 Å². The fraction of sp³-hybridized carbons (Fsp3) is 0.643. The zero-order chi connectivity index (χ0) is 13.9. The van der Waals surface area contributed by atoms with Gasteiger partial charge in [0.25, 0.3) is 0 Å². The quantitative estimate of drug-likeness (QED) is 0.881. The average Bonchev–Trinajstić information content (AvgIpc) is 2.61. The molecule has 3 nitrogen and oxygen atoms in total. The number of aryl methyl sites for hydroxylation is 1. The van der Waals surface area contributed by atoms with Gasteiger partial charge in [-0.2, -0.15) is 0 Å². The highest BCUT2D eigenvalue weighted by Gasteiger charge is 2.28. The number of thiophene rings is 1. The van der Waals surface area contributed by atoms with Crippen LogP contribution in [0.5, 0.6) is 0 Å². The maximum Gasteiger partial charge on any atom is 0.237 e. The molecular formula is C14H24N2OS. The fourth-order valence-electron chi connectivity index (χ4n) is 1.67. The summed E-state index contributed by atoms with van der Waals surface area (Å²) in [7, 11) is 0. The van der Waals surface area contributed by atoms with Gasteiger partial charge in [0.05, 0.1) is 6.04 Å². The molecule has 1 rings (SSSR count). The number of carbonyl (C=O) groups is 1. The number of hydrogen-bond donors (Lipinski definition) is 2. The van der Waals surface area contributed by atoms with Crippen molar-refractivity contribution < 1.29 is 4.79 Å². The number of amides is 1. The minimum Gasteiger partial charge on any atom is -0.352 e. The summed E-state index contributed by atoms with van der Waals surface area (Å²) in [6.45, 7) is 10.0. The highest BCUT2D eigenvalue weighted by atomic mass is 32.1. The summed E-state index contributed by atoms with van der Waals surface area (Å²) >= 11 is 1.77. The number of rotatable bonds is 4. The molecule has 1 amide bonds. The van der Waals surface area contributed by atoms with E-state index in [0.717, 1.165) is 6.42 Å². The highest BCUT2D eigenvalue weighted by molar-refractivity contribution is 7.11. The van der Waals surface area contributed by atoms with E-state index < -0.39 is 6.04 Å². The first-order valence-electron chi connectivity index (χ1n) is 6.31. The van der Waals surface area contributed by atoms with Crippen LogP contribution in [0.2, 0.25) is 0 Å². The third-order valence-corrected chi connectivity index (χ3v) is 3.93. The first-order chi connectivity index (χ1) is 8.20. The molecular weight excluding hydrogens is 244 g/mol. The lowest BCUT2D eigenvalue weighted by atomic mass is 9.87. The average molecular weight is 268 g/mol. The van der Waals surface area contributed by atoms with Crippen molar-refractivity contribution >= 4 is 17.2 Å². The lowest BCUT2D eigenvalue weighted by Gasteiger charge is -2.27. The SMILES string of the molecule is Cc1ccc(CC(C)NC(=O)C(N)C(C)(C)C)s1. The van der Waals surface area contributed by atoms with Gasteiger partial charge in [0.2, 0.25) is 5.91 Å². The van der Waals surface area contributed by atoms with Gasteiger partial charge in [0, 0.05) is 22.2 Å². The number of hydrogen-bond acceptors (Lipinski definition) is 3. The highest BCUT2D eigenvalue weighted by Crippen LogP contribution is 2.19. The van der Waals surface area contributed by atoms with Crippen molar-refractivity contribution in [1.29, 1.82) is 0 Å². The van der Waals surface area contributed by atoms with Crippen LogP contribution in [-0.4, -0.2) is 18.0 Å². The first kappa shape index (κ1) is 15.2. The van der Waals surface area contributed by atoms with E-state index in [1.165, 1.54) is 9.75 Å². The minimum atomic E-state index is -0.468. The molecule has 1 aromatic heterocycles. The molecule has 0 aromatic carbocycles. The van der Waals surface area contributed by atoms with Gasteiger partial charge in [-0.1, -0.05) is 20.8 Å². The summed E-state index contributed by atoms with van der Waals surface area (Å²) in [6, 6.07) is 3.87. The van der Waals surface area contributed by atoms with Crippen molar-refractivity contribution in [2.45, 2.75) is 53.1 Å². The second-order valence-electron chi connectivity index (χ2n) is 5.97. The summed E-state index contributed by atoms with van der Waals surface area (Å²) in [5, 5.41) is 2.99. The van der Waals surface area contributed by atoms with Crippen LogP contribution >= 0.6 is 11.3 Å². The Bertz CT molecular complexity index is 406. The van der Waals surface area contributed by atoms with E-state index in [0.29, 0.717) is 0 Å². The van der Waals surface area contributed by atoms with Gasteiger partial charge in [-0.15, -0.1) is 11.3 Å². The Kier molecular flexibility index (Phi) is 4.93. The topological polar surface area (TPSA) is 55.1 Å². The lowest BCUT2D eigenvalue weighted by Crippen LogP contribution is -2.51. The molecule has 1 aromatic rings. The van der Waals surface area contributed by atoms with Crippen LogP contribution in [0.3, 0.4) is 0 Å². The van der Waals surface area contributed by atoms with E-state index in [2.05, 4.69) is 24.4 Å². The third kappa shape index (κ3) is 4.42. The molecule has 0 spiro atoms. The predicted molar refractivity (Wildman–Crippen MR) is 77.8 cm³/mol. The summed E-state index contributed by atoms with van der Waals surface area (Å²) in [4.78, 5) is 14.6. The molecule has 4 heteroatoms. The van der Waals surface area contributed by atoms with Gasteiger partial charge in [-0.25, -0.2) is 0 Å². The van der Waals surface area contributed by atoms with Crippen molar-refractivity contribution in [2.24, 2.45) is 11.1 Å². The Morgan fingerprint density at radius 1 is 1.44 bits per heavy atom. The molecule has 0 aliphatic heterocycles. The smallest absolute Gasteiger partial charge is 0.237 e.